The lowest BCUT2D eigenvalue weighted by Gasteiger charge is -2.09. The number of ether oxygens (including phenoxy) is 2. The summed E-state index contributed by atoms with van der Waals surface area (Å²) in [6, 6.07) is 12.3. The van der Waals surface area contributed by atoms with E-state index in [-0.39, 0.29) is 6.61 Å². The molecule has 2 amide bonds. The van der Waals surface area contributed by atoms with Gasteiger partial charge in [-0.15, -0.1) is 0 Å². The molecule has 0 spiro atoms. The van der Waals surface area contributed by atoms with Gasteiger partial charge < -0.3 is 9.47 Å². The van der Waals surface area contributed by atoms with Crippen LogP contribution >= 0.6 is 11.6 Å². The van der Waals surface area contributed by atoms with Crippen LogP contribution in [0.15, 0.2) is 48.5 Å². The molecule has 2 aromatic carbocycles. The van der Waals surface area contributed by atoms with Gasteiger partial charge in [0.25, 0.3) is 11.8 Å². The molecule has 7 heteroatoms. The molecule has 2 N–H and O–H groups in total. The molecular formula is C19H19ClN2O4. The molecule has 0 aliphatic heterocycles. The van der Waals surface area contributed by atoms with E-state index in [1.165, 1.54) is 6.08 Å². The Labute approximate surface area is 156 Å². The van der Waals surface area contributed by atoms with Crippen LogP contribution in [-0.4, -0.2) is 25.5 Å². The standard InChI is InChI=1S/C19H19ClN2O4/c1-13-11-15(20)6-9-17(13)26-12-19(24)22-21-18(23)10-5-14-3-7-16(25-2)8-4-14/h3-11H,12H2,1-2H3,(H,21,23)(H,22,24). The summed E-state index contributed by atoms with van der Waals surface area (Å²) in [5, 5.41) is 0.593. The fourth-order valence-electron chi connectivity index (χ4n) is 2.01. The number of nitrogens with one attached hydrogen (secondary N) is 2. The van der Waals surface area contributed by atoms with E-state index in [1.807, 2.05) is 19.1 Å². The Hall–Kier alpha value is -2.99. The van der Waals surface area contributed by atoms with Crippen LogP contribution in [-0.2, 0) is 9.59 Å². The number of hydrogen-bond acceptors (Lipinski definition) is 4. The number of hydrogen-bond donors (Lipinski definition) is 2. The third-order valence-electron chi connectivity index (χ3n) is 3.36. The first-order valence-electron chi connectivity index (χ1n) is 7.78. The zero-order valence-corrected chi connectivity index (χ0v) is 15.2. The minimum Gasteiger partial charge on any atom is -0.497 e. The molecule has 2 rings (SSSR count). The molecule has 0 bridgehead atoms. The molecule has 136 valence electrons. The topological polar surface area (TPSA) is 76.7 Å². The molecule has 0 saturated heterocycles. The number of rotatable bonds is 6. The summed E-state index contributed by atoms with van der Waals surface area (Å²) in [4.78, 5) is 23.4. The molecule has 0 saturated carbocycles. The fraction of sp³-hybridized carbons (Fsp3) is 0.158. The van der Waals surface area contributed by atoms with Crippen molar-refractivity contribution in [3.8, 4) is 11.5 Å². The van der Waals surface area contributed by atoms with Crippen molar-refractivity contribution in [3.05, 3.63) is 64.7 Å². The van der Waals surface area contributed by atoms with Crippen LogP contribution in [0.4, 0.5) is 0 Å². The van der Waals surface area contributed by atoms with Crippen molar-refractivity contribution in [2.75, 3.05) is 13.7 Å². The van der Waals surface area contributed by atoms with Crippen LogP contribution in [0.2, 0.25) is 5.02 Å². The van der Waals surface area contributed by atoms with Crippen molar-refractivity contribution < 1.29 is 19.1 Å². The molecule has 0 atom stereocenters. The lowest BCUT2D eigenvalue weighted by atomic mass is 10.2. The Morgan fingerprint density at radius 2 is 1.85 bits per heavy atom. The first-order chi connectivity index (χ1) is 12.5. The third-order valence-corrected chi connectivity index (χ3v) is 3.60. The number of carbonyl (C=O) groups excluding carboxylic acids is 2. The molecule has 26 heavy (non-hydrogen) atoms. The number of aryl methyl sites for hydroxylation is 1. The number of amides is 2. The minimum atomic E-state index is -0.481. The fourth-order valence-corrected chi connectivity index (χ4v) is 2.24. The van der Waals surface area contributed by atoms with Gasteiger partial charge in [0.2, 0.25) is 0 Å². The molecule has 2 aromatic rings. The normalized spacial score (nSPS) is 10.4. The number of hydrazine groups is 1. The largest absolute Gasteiger partial charge is 0.497 e. The van der Waals surface area contributed by atoms with Crippen LogP contribution in [0, 0.1) is 6.92 Å². The molecule has 0 unspecified atom stereocenters. The highest BCUT2D eigenvalue weighted by Crippen LogP contribution is 2.21. The Bertz CT molecular complexity index is 804. The zero-order valence-electron chi connectivity index (χ0n) is 14.4. The van der Waals surface area contributed by atoms with E-state index in [4.69, 9.17) is 21.1 Å². The highest BCUT2D eigenvalue weighted by Gasteiger charge is 2.06. The van der Waals surface area contributed by atoms with Crippen LogP contribution < -0.4 is 20.3 Å². The number of halogens is 1. The van der Waals surface area contributed by atoms with Gasteiger partial charge in [-0.3, -0.25) is 20.4 Å². The summed E-state index contributed by atoms with van der Waals surface area (Å²) in [7, 11) is 1.58. The maximum atomic E-state index is 11.7. The van der Waals surface area contributed by atoms with E-state index in [9.17, 15) is 9.59 Å². The summed E-state index contributed by atoms with van der Waals surface area (Å²) in [5.74, 6) is 0.340. The summed E-state index contributed by atoms with van der Waals surface area (Å²) < 4.78 is 10.4. The van der Waals surface area contributed by atoms with Crippen molar-refractivity contribution >= 4 is 29.5 Å². The van der Waals surface area contributed by atoms with Crippen LogP contribution in [0.5, 0.6) is 11.5 Å². The van der Waals surface area contributed by atoms with Crippen LogP contribution in [0.1, 0.15) is 11.1 Å². The van der Waals surface area contributed by atoms with Crippen LogP contribution in [0.3, 0.4) is 0 Å². The van der Waals surface area contributed by atoms with Gasteiger partial charge in [0.1, 0.15) is 11.5 Å². The minimum absolute atomic E-state index is 0.231. The lowest BCUT2D eigenvalue weighted by molar-refractivity contribution is -0.128. The number of benzene rings is 2. The first kappa shape index (κ1) is 19.3. The zero-order chi connectivity index (χ0) is 18.9. The van der Waals surface area contributed by atoms with Gasteiger partial charge in [-0.2, -0.15) is 0 Å². The van der Waals surface area contributed by atoms with Crippen molar-refractivity contribution in [2.24, 2.45) is 0 Å². The maximum absolute atomic E-state index is 11.7. The molecule has 6 nitrogen and oxygen atoms in total. The highest BCUT2D eigenvalue weighted by molar-refractivity contribution is 6.30. The van der Waals surface area contributed by atoms with Gasteiger partial charge in [0.15, 0.2) is 6.61 Å². The van der Waals surface area contributed by atoms with Gasteiger partial charge in [0.05, 0.1) is 7.11 Å². The Morgan fingerprint density at radius 3 is 2.50 bits per heavy atom. The molecule has 0 aliphatic rings. The number of methoxy groups -OCH3 is 1. The second kappa shape index (κ2) is 9.48. The molecule has 0 fully saturated rings. The van der Waals surface area contributed by atoms with E-state index in [0.717, 1.165) is 16.9 Å². The van der Waals surface area contributed by atoms with E-state index in [2.05, 4.69) is 10.9 Å². The van der Waals surface area contributed by atoms with Gasteiger partial charge in [-0.05, 0) is 54.5 Å². The lowest BCUT2D eigenvalue weighted by Crippen LogP contribution is -2.43. The predicted molar refractivity (Wildman–Crippen MR) is 100.0 cm³/mol. The number of carbonyl (C=O) groups is 2. The first-order valence-corrected chi connectivity index (χ1v) is 8.15. The monoisotopic (exact) mass is 374 g/mol. The molecule has 0 aromatic heterocycles. The summed E-state index contributed by atoms with van der Waals surface area (Å²) in [6.45, 7) is 1.59. The van der Waals surface area contributed by atoms with Crippen molar-refractivity contribution in [3.63, 3.8) is 0 Å². The van der Waals surface area contributed by atoms with Gasteiger partial charge in [0, 0.05) is 11.1 Å². The second-order valence-electron chi connectivity index (χ2n) is 5.34. The molecule has 0 radical (unpaired) electrons. The van der Waals surface area contributed by atoms with Crippen molar-refractivity contribution in [2.45, 2.75) is 6.92 Å². The predicted octanol–water partition coefficient (Wildman–Crippen LogP) is 2.90. The maximum Gasteiger partial charge on any atom is 0.276 e. The average molecular weight is 375 g/mol. The summed E-state index contributed by atoms with van der Waals surface area (Å²) in [6.07, 6.45) is 2.93. The van der Waals surface area contributed by atoms with Gasteiger partial charge in [-0.1, -0.05) is 23.7 Å². The van der Waals surface area contributed by atoms with Crippen molar-refractivity contribution in [1.29, 1.82) is 0 Å². The Kier molecular flexibility index (Phi) is 7.05. The highest BCUT2D eigenvalue weighted by atomic mass is 35.5. The van der Waals surface area contributed by atoms with Gasteiger partial charge >= 0.3 is 0 Å². The second-order valence-corrected chi connectivity index (χ2v) is 5.78. The van der Waals surface area contributed by atoms with Gasteiger partial charge in [-0.25, -0.2) is 0 Å². The summed E-state index contributed by atoms with van der Waals surface area (Å²) >= 11 is 5.86. The van der Waals surface area contributed by atoms with E-state index in [0.29, 0.717) is 10.8 Å². The quantitative estimate of drug-likeness (QED) is 0.602. The SMILES string of the molecule is COc1ccc(C=CC(=O)NNC(=O)COc2ccc(Cl)cc2C)cc1. The van der Waals surface area contributed by atoms with E-state index in [1.54, 1.807) is 43.5 Å². The molecular weight excluding hydrogens is 356 g/mol. The molecule has 0 aliphatic carbocycles. The van der Waals surface area contributed by atoms with Crippen molar-refractivity contribution in [1.82, 2.24) is 10.9 Å². The third kappa shape index (κ3) is 6.14. The Balaban J connectivity index is 1.75. The Morgan fingerprint density at radius 1 is 1.12 bits per heavy atom. The average Bonchev–Trinajstić information content (AvgIpc) is 2.64. The van der Waals surface area contributed by atoms with E-state index >= 15 is 0 Å². The summed E-state index contributed by atoms with van der Waals surface area (Å²) in [5.41, 5.74) is 6.21. The molecule has 0 heterocycles. The van der Waals surface area contributed by atoms with Crippen LogP contribution in [0.25, 0.3) is 6.08 Å². The van der Waals surface area contributed by atoms with E-state index < -0.39 is 11.8 Å². The smallest absolute Gasteiger partial charge is 0.276 e.